The van der Waals surface area contributed by atoms with Crippen LogP contribution in [-0.4, -0.2) is 210 Å². The quantitative estimate of drug-likeness (QED) is 0.0134. The molecule has 0 bridgehead atoms. The smallest absolute Gasteiger partial charge is 0.326 e. The molecule has 4 heterocycles. The molecule has 128 heavy (non-hydrogen) atoms. The minimum Gasteiger partial charge on any atom is -0.480 e. The minimum absolute atomic E-state index is 0.228. The third kappa shape index (κ3) is 28.6. The number of fused-ring (bicyclic) bond motifs is 4. The second-order valence-corrected chi connectivity index (χ2v) is 32.0. The Morgan fingerprint density at radius 3 is 0.602 bits per heavy atom. The first-order valence-corrected chi connectivity index (χ1v) is 43.9. The molecule has 0 aromatic heterocycles. The van der Waals surface area contributed by atoms with Gasteiger partial charge in [-0.05, 0) is 174 Å². The number of rotatable bonds is 36. The summed E-state index contributed by atoms with van der Waals surface area (Å²) >= 11 is 0. The number of hydrogen-bond acceptors (Lipinski definition) is 20. The number of ether oxygens (including phenoxy) is 4. The van der Waals surface area contributed by atoms with Crippen molar-refractivity contribution in [3.05, 3.63) is 285 Å². The lowest BCUT2D eigenvalue weighted by molar-refractivity contribution is -0.153. The van der Waals surface area contributed by atoms with E-state index in [1.807, 2.05) is 218 Å². The van der Waals surface area contributed by atoms with Gasteiger partial charge in [-0.2, -0.15) is 0 Å². The lowest BCUT2D eigenvalue weighted by Crippen LogP contribution is -2.56. The SMILES string of the molecule is CCOC(=O)[C@H](CCc1ccccc1)N[C@@H](C)C(=O)N1Cc2ccccc2C[C@H]1C(=O)O.CCOC(=O)[C@H](CCc1ccccc1)N[C@@H](C)C(=O)N1Cc2ccccc2C[C@H]1C(=O)O.CCOC(=O)[C@H](CCc1ccccc1)N[C@@H](C)C(=O)N1Cc2ccccc2C[C@H]1C(=O)O.CCOC(=O)[C@H](CCc1ccccc1)N[C@@H](C)C(=O)N1Cc2ccccc2C[C@H]1C(=O)O. The van der Waals surface area contributed by atoms with Gasteiger partial charge in [0.1, 0.15) is 48.3 Å². The molecule has 12 atom stereocenters. The number of aliphatic carboxylic acids is 4. The molecule has 0 saturated heterocycles. The molecule has 0 unspecified atom stereocenters. The fourth-order valence-electron chi connectivity index (χ4n) is 16.3. The molecule has 0 aliphatic carbocycles. The van der Waals surface area contributed by atoms with Crippen molar-refractivity contribution in [1.82, 2.24) is 40.9 Å². The van der Waals surface area contributed by atoms with Crippen molar-refractivity contribution in [2.45, 2.75) is 231 Å². The van der Waals surface area contributed by atoms with Crippen LogP contribution >= 0.6 is 0 Å². The highest BCUT2D eigenvalue weighted by Gasteiger charge is 2.43. The van der Waals surface area contributed by atoms with Crippen LogP contribution in [0.5, 0.6) is 0 Å². The third-order valence-corrected chi connectivity index (χ3v) is 23.1. The Kier molecular flexibility index (Phi) is 38.6. The summed E-state index contributed by atoms with van der Waals surface area (Å²) in [5.41, 5.74) is 11.9. The van der Waals surface area contributed by atoms with Crippen LogP contribution in [0, 0.1) is 0 Å². The van der Waals surface area contributed by atoms with Crippen molar-refractivity contribution in [2.24, 2.45) is 0 Å². The van der Waals surface area contributed by atoms with Gasteiger partial charge in [0.25, 0.3) is 0 Å². The van der Waals surface area contributed by atoms with Crippen LogP contribution in [0.3, 0.4) is 0 Å². The molecular weight excluding hydrogens is 1630 g/mol. The molecule has 680 valence electrons. The number of carbonyl (C=O) groups excluding carboxylic acids is 8. The van der Waals surface area contributed by atoms with Gasteiger partial charge in [-0.15, -0.1) is 0 Å². The second kappa shape index (κ2) is 50.0. The molecule has 8 aromatic carbocycles. The van der Waals surface area contributed by atoms with Gasteiger partial charge < -0.3 is 59.0 Å². The Hall–Kier alpha value is -12.8. The van der Waals surface area contributed by atoms with Gasteiger partial charge in [-0.1, -0.05) is 218 Å². The zero-order chi connectivity index (χ0) is 92.3. The number of carbonyl (C=O) groups is 12. The number of amides is 4. The van der Waals surface area contributed by atoms with Crippen LogP contribution in [0.25, 0.3) is 0 Å². The third-order valence-electron chi connectivity index (χ3n) is 23.1. The maximum atomic E-state index is 13.3. The van der Waals surface area contributed by atoms with E-state index >= 15 is 0 Å². The molecule has 12 rings (SSSR count). The van der Waals surface area contributed by atoms with Crippen LogP contribution in [0.2, 0.25) is 0 Å². The van der Waals surface area contributed by atoms with Gasteiger partial charge in [0.15, 0.2) is 0 Å². The number of nitrogens with one attached hydrogen (secondary N) is 4. The predicted molar refractivity (Wildman–Crippen MR) is 480 cm³/mol. The van der Waals surface area contributed by atoms with E-state index in [2.05, 4.69) is 21.3 Å². The van der Waals surface area contributed by atoms with Gasteiger partial charge >= 0.3 is 47.8 Å². The van der Waals surface area contributed by atoms with Crippen LogP contribution < -0.4 is 21.3 Å². The highest BCUT2D eigenvalue weighted by atomic mass is 16.5. The molecule has 4 aliphatic rings. The molecule has 0 radical (unpaired) electrons. The van der Waals surface area contributed by atoms with Gasteiger partial charge in [-0.25, -0.2) is 19.2 Å². The summed E-state index contributed by atoms with van der Waals surface area (Å²) in [4.78, 5) is 156. The number of carboxylic acid groups (broad SMARTS) is 4. The summed E-state index contributed by atoms with van der Waals surface area (Å²) in [6, 6.07) is 59.9. The van der Waals surface area contributed by atoms with Crippen molar-refractivity contribution in [3.63, 3.8) is 0 Å². The lowest BCUT2D eigenvalue weighted by atomic mass is 9.93. The van der Waals surface area contributed by atoms with Crippen molar-refractivity contribution in [1.29, 1.82) is 0 Å². The Labute approximate surface area is 748 Å². The van der Waals surface area contributed by atoms with E-state index in [1.54, 1.807) is 55.4 Å². The number of benzene rings is 8. The maximum Gasteiger partial charge on any atom is 0.326 e. The summed E-state index contributed by atoms with van der Waals surface area (Å²) in [5, 5.41) is 51.3. The zero-order valence-electron chi connectivity index (χ0n) is 74.0. The van der Waals surface area contributed by atoms with Gasteiger partial charge in [0.05, 0.1) is 50.6 Å². The lowest BCUT2D eigenvalue weighted by Gasteiger charge is -2.36. The first-order valence-electron chi connectivity index (χ1n) is 43.9. The van der Waals surface area contributed by atoms with E-state index < -0.39 is 120 Å². The van der Waals surface area contributed by atoms with Gasteiger partial charge in [0, 0.05) is 51.9 Å². The largest absolute Gasteiger partial charge is 0.480 e. The first-order chi connectivity index (χ1) is 61.6. The fraction of sp³-hybridized carbons (Fsp3) is 0.400. The number of aryl methyl sites for hydroxylation is 4. The highest BCUT2D eigenvalue weighted by molar-refractivity contribution is 5.92. The normalized spacial score (nSPS) is 17.2. The Morgan fingerprint density at radius 1 is 0.273 bits per heavy atom. The molecule has 4 aliphatic heterocycles. The Bertz CT molecular complexity index is 4410. The van der Waals surface area contributed by atoms with Crippen LogP contribution in [0.15, 0.2) is 218 Å². The number of hydrogen-bond donors (Lipinski definition) is 8. The molecule has 28 heteroatoms. The highest BCUT2D eigenvalue weighted by Crippen LogP contribution is 2.30. The van der Waals surface area contributed by atoms with E-state index in [-0.39, 0.29) is 102 Å². The maximum absolute atomic E-state index is 13.3. The average Bonchev–Trinajstić information content (AvgIpc) is 0.805. The molecule has 0 fully saturated rings. The van der Waals surface area contributed by atoms with E-state index in [0.717, 1.165) is 66.8 Å². The topological polar surface area (TPSA) is 384 Å². The van der Waals surface area contributed by atoms with Crippen molar-refractivity contribution >= 4 is 71.4 Å². The molecule has 0 saturated carbocycles. The summed E-state index contributed by atoms with van der Waals surface area (Å²) in [6.07, 6.45) is 5.49. The van der Waals surface area contributed by atoms with E-state index in [1.165, 1.54) is 19.6 Å². The number of nitrogens with zero attached hydrogens (tertiary/aromatic N) is 4. The molecule has 0 spiro atoms. The first kappa shape index (κ1) is 99.0. The molecule has 4 amide bonds. The summed E-state index contributed by atoms with van der Waals surface area (Å²) in [7, 11) is 0. The molecule has 8 N–H and O–H groups in total. The fourth-order valence-corrected chi connectivity index (χ4v) is 16.3. The van der Waals surface area contributed by atoms with Crippen LogP contribution in [-0.2, 0) is 154 Å². The average molecular weight is 1750 g/mol. The molecule has 28 nitrogen and oxygen atoms in total. The summed E-state index contributed by atoms with van der Waals surface area (Å²) in [5.74, 6) is -7.19. The van der Waals surface area contributed by atoms with E-state index in [4.69, 9.17) is 18.9 Å². The summed E-state index contributed by atoms with van der Waals surface area (Å²) < 4.78 is 20.8. The van der Waals surface area contributed by atoms with Crippen molar-refractivity contribution < 1.29 is 96.9 Å². The monoisotopic (exact) mass is 1750 g/mol. The Morgan fingerprint density at radius 2 is 0.438 bits per heavy atom. The van der Waals surface area contributed by atoms with Crippen molar-refractivity contribution in [3.8, 4) is 0 Å². The second-order valence-electron chi connectivity index (χ2n) is 32.0. The number of esters is 4. The molecular formula is C100H120N8O20. The zero-order valence-corrected chi connectivity index (χ0v) is 74.0. The van der Waals surface area contributed by atoms with Crippen LogP contribution in [0.1, 0.15) is 148 Å². The minimum atomic E-state index is -1.04. The standard InChI is InChI=1S/4C25H30N2O5/c4*1-3-32-25(31)21(14-13-18-9-5-4-6-10-18)26-17(2)23(28)27-16-20-12-8-7-11-19(20)15-22(27)24(29)30/h4*4-12,17,21-22,26H,3,13-16H2,1-2H3,(H,29,30)/t4*17-,21-,22-/m0000/s1. The van der Waals surface area contributed by atoms with E-state index in [9.17, 15) is 78.0 Å². The van der Waals surface area contributed by atoms with Gasteiger partial charge in [-0.3, -0.25) is 59.6 Å². The van der Waals surface area contributed by atoms with Crippen LogP contribution in [0.4, 0.5) is 0 Å². The van der Waals surface area contributed by atoms with Crippen molar-refractivity contribution in [2.75, 3.05) is 26.4 Å². The molecule has 8 aromatic rings. The Balaban J connectivity index is 0.000000193. The van der Waals surface area contributed by atoms with Gasteiger partial charge in [0.2, 0.25) is 23.6 Å². The summed E-state index contributed by atoms with van der Waals surface area (Å²) in [6.45, 7) is 15.5. The number of carboxylic acids is 4. The predicted octanol–water partition coefficient (Wildman–Crippen LogP) is 10.3. The van der Waals surface area contributed by atoms with E-state index in [0.29, 0.717) is 51.4 Å².